The number of nitrogens with two attached hydrogens (primary N) is 1. The van der Waals surface area contributed by atoms with Gasteiger partial charge >= 0.3 is 6.18 Å². The first-order valence-electron chi connectivity index (χ1n) is 7.74. The van der Waals surface area contributed by atoms with E-state index in [0.29, 0.717) is 38.2 Å². The van der Waals surface area contributed by atoms with E-state index in [1.165, 1.54) is 12.1 Å². The molecule has 5 nitrogen and oxygen atoms in total. The van der Waals surface area contributed by atoms with Crippen LogP contribution >= 0.6 is 0 Å². The van der Waals surface area contributed by atoms with Gasteiger partial charge in [0.05, 0.1) is 30.4 Å². The molecule has 130 valence electrons. The quantitative estimate of drug-likeness (QED) is 0.864. The fourth-order valence-electron chi connectivity index (χ4n) is 3.31. The maximum Gasteiger partial charge on any atom is 0.417 e. The van der Waals surface area contributed by atoms with Gasteiger partial charge in [-0.1, -0.05) is 0 Å². The van der Waals surface area contributed by atoms with Crippen molar-refractivity contribution in [3.8, 4) is 6.07 Å². The number of ether oxygens (including phenoxy) is 2. The molecule has 2 aliphatic rings. The smallest absolute Gasteiger partial charge is 0.381 e. The summed E-state index contributed by atoms with van der Waals surface area (Å²) < 4.78 is 50.4. The van der Waals surface area contributed by atoms with Crippen LogP contribution in [0.1, 0.15) is 30.4 Å². The lowest BCUT2D eigenvalue weighted by atomic mass is 9.86. The van der Waals surface area contributed by atoms with Crippen LogP contribution in [-0.2, 0) is 15.7 Å². The zero-order chi connectivity index (χ0) is 17.4. The molecule has 1 saturated carbocycles. The van der Waals surface area contributed by atoms with Gasteiger partial charge in [-0.3, -0.25) is 0 Å². The van der Waals surface area contributed by atoms with E-state index in [1.54, 1.807) is 6.07 Å². The van der Waals surface area contributed by atoms with E-state index in [2.05, 4.69) is 5.32 Å². The molecule has 1 aliphatic heterocycles. The Balaban J connectivity index is 1.74. The SMILES string of the molecule is N#Cc1ccc(N[C@H]2CCC3(C[C@@H]2N)OCCO3)cc1C(F)(F)F. The third-order valence-electron chi connectivity index (χ3n) is 4.51. The van der Waals surface area contributed by atoms with Crippen molar-refractivity contribution in [1.82, 2.24) is 0 Å². The monoisotopic (exact) mass is 341 g/mol. The predicted octanol–water partition coefficient (Wildman–Crippen LogP) is 2.61. The van der Waals surface area contributed by atoms with Crippen LogP contribution in [0.25, 0.3) is 0 Å². The van der Waals surface area contributed by atoms with Crippen molar-refractivity contribution in [1.29, 1.82) is 5.26 Å². The molecule has 0 unspecified atom stereocenters. The highest BCUT2D eigenvalue weighted by molar-refractivity contribution is 5.53. The van der Waals surface area contributed by atoms with Crippen LogP contribution in [0.3, 0.4) is 0 Å². The van der Waals surface area contributed by atoms with E-state index in [1.807, 2.05) is 0 Å². The highest BCUT2D eigenvalue weighted by Crippen LogP contribution is 2.37. The highest BCUT2D eigenvalue weighted by Gasteiger charge is 2.44. The van der Waals surface area contributed by atoms with Gasteiger partial charge < -0.3 is 20.5 Å². The van der Waals surface area contributed by atoms with Gasteiger partial charge in [-0.2, -0.15) is 18.4 Å². The van der Waals surface area contributed by atoms with Crippen molar-refractivity contribution >= 4 is 5.69 Å². The summed E-state index contributed by atoms with van der Waals surface area (Å²) in [5.74, 6) is -0.639. The average molecular weight is 341 g/mol. The van der Waals surface area contributed by atoms with Crippen LogP contribution in [0.4, 0.5) is 18.9 Å². The summed E-state index contributed by atoms with van der Waals surface area (Å²) in [6, 6.07) is 4.68. The average Bonchev–Trinajstić information content (AvgIpc) is 2.97. The molecule has 0 amide bonds. The number of nitriles is 1. The van der Waals surface area contributed by atoms with E-state index in [-0.39, 0.29) is 12.1 Å². The van der Waals surface area contributed by atoms with Gasteiger partial charge in [-0.25, -0.2) is 0 Å². The van der Waals surface area contributed by atoms with Gasteiger partial charge in [0.2, 0.25) is 0 Å². The molecule has 2 fully saturated rings. The minimum absolute atomic E-state index is 0.183. The molecule has 1 heterocycles. The van der Waals surface area contributed by atoms with Gasteiger partial charge in [0.15, 0.2) is 5.79 Å². The molecule has 1 spiro atoms. The lowest BCUT2D eigenvalue weighted by Gasteiger charge is -2.40. The van der Waals surface area contributed by atoms with Crippen LogP contribution in [0, 0.1) is 11.3 Å². The number of nitrogens with one attached hydrogen (secondary N) is 1. The number of hydrogen-bond donors (Lipinski definition) is 2. The lowest BCUT2D eigenvalue weighted by Crippen LogP contribution is -2.52. The minimum Gasteiger partial charge on any atom is -0.381 e. The van der Waals surface area contributed by atoms with Crippen molar-refractivity contribution in [3.63, 3.8) is 0 Å². The van der Waals surface area contributed by atoms with Crippen molar-refractivity contribution in [2.45, 2.75) is 43.3 Å². The standard InChI is InChI=1S/C16H18F3N3O2/c17-16(18,19)12-7-11(2-1-10(12)9-20)22-14-3-4-15(8-13(14)21)23-5-6-24-15/h1-2,7,13-14,22H,3-6,8,21H2/t13-,14-/m0/s1. The van der Waals surface area contributed by atoms with Gasteiger partial charge in [0.1, 0.15) is 0 Å². The third kappa shape index (κ3) is 3.34. The van der Waals surface area contributed by atoms with Crippen LogP contribution in [-0.4, -0.2) is 31.1 Å². The van der Waals surface area contributed by atoms with Crippen molar-refractivity contribution in [2.75, 3.05) is 18.5 Å². The molecule has 1 saturated heterocycles. The molecule has 1 aromatic rings. The fourth-order valence-corrected chi connectivity index (χ4v) is 3.31. The van der Waals surface area contributed by atoms with Crippen molar-refractivity contribution in [2.24, 2.45) is 5.73 Å². The van der Waals surface area contributed by atoms with E-state index >= 15 is 0 Å². The highest BCUT2D eigenvalue weighted by atomic mass is 19.4. The Labute approximate surface area is 137 Å². The molecule has 1 aliphatic carbocycles. The number of benzene rings is 1. The molecule has 0 radical (unpaired) electrons. The first-order chi connectivity index (χ1) is 11.3. The van der Waals surface area contributed by atoms with Crippen molar-refractivity contribution in [3.05, 3.63) is 29.3 Å². The Kier molecular flexibility index (Phi) is 4.42. The second-order valence-electron chi connectivity index (χ2n) is 6.14. The van der Waals surface area contributed by atoms with Gasteiger partial charge in [-0.15, -0.1) is 0 Å². The Morgan fingerprint density at radius 1 is 1.29 bits per heavy atom. The van der Waals surface area contributed by atoms with Crippen LogP contribution in [0.2, 0.25) is 0 Å². The maximum absolute atomic E-state index is 13.0. The lowest BCUT2D eigenvalue weighted by molar-refractivity contribution is -0.180. The van der Waals surface area contributed by atoms with Gasteiger partial charge in [0, 0.05) is 30.6 Å². The summed E-state index contributed by atoms with van der Waals surface area (Å²) >= 11 is 0. The Hall–Kier alpha value is -1.82. The van der Waals surface area contributed by atoms with E-state index < -0.39 is 23.1 Å². The summed E-state index contributed by atoms with van der Waals surface area (Å²) in [5, 5.41) is 11.9. The van der Waals surface area contributed by atoms with Crippen molar-refractivity contribution < 1.29 is 22.6 Å². The van der Waals surface area contributed by atoms with Gasteiger partial charge in [-0.05, 0) is 24.6 Å². The van der Waals surface area contributed by atoms with E-state index in [9.17, 15) is 13.2 Å². The molecule has 2 atom stereocenters. The number of hydrogen-bond acceptors (Lipinski definition) is 5. The minimum atomic E-state index is -4.58. The summed E-state index contributed by atoms with van der Waals surface area (Å²) in [6.45, 7) is 1.07. The van der Waals surface area contributed by atoms with Crippen LogP contribution < -0.4 is 11.1 Å². The maximum atomic E-state index is 13.0. The second kappa shape index (κ2) is 6.24. The molecular weight excluding hydrogens is 323 g/mol. The number of nitrogens with zero attached hydrogens (tertiary/aromatic N) is 1. The topological polar surface area (TPSA) is 80.3 Å². The zero-order valence-corrected chi connectivity index (χ0v) is 12.9. The first kappa shape index (κ1) is 17.0. The molecule has 0 bridgehead atoms. The Bertz CT molecular complexity index is 651. The number of alkyl halides is 3. The van der Waals surface area contributed by atoms with Crippen LogP contribution in [0.15, 0.2) is 18.2 Å². The molecule has 24 heavy (non-hydrogen) atoms. The fraction of sp³-hybridized carbons (Fsp3) is 0.562. The Morgan fingerprint density at radius 3 is 2.58 bits per heavy atom. The molecule has 3 rings (SSSR count). The molecule has 3 N–H and O–H groups in total. The normalized spacial score (nSPS) is 26.3. The summed E-state index contributed by atoms with van der Waals surface area (Å²) in [4.78, 5) is 0. The molecule has 1 aromatic carbocycles. The summed E-state index contributed by atoms with van der Waals surface area (Å²) in [5.41, 5.74) is 5.12. The second-order valence-corrected chi connectivity index (χ2v) is 6.14. The molecular formula is C16H18F3N3O2. The predicted molar refractivity (Wildman–Crippen MR) is 80.0 cm³/mol. The van der Waals surface area contributed by atoms with Crippen LogP contribution in [0.5, 0.6) is 0 Å². The van der Waals surface area contributed by atoms with Gasteiger partial charge in [0.25, 0.3) is 0 Å². The number of rotatable bonds is 2. The van der Waals surface area contributed by atoms with E-state index in [0.717, 1.165) is 6.07 Å². The number of halogens is 3. The third-order valence-corrected chi connectivity index (χ3v) is 4.51. The number of anilines is 1. The zero-order valence-electron chi connectivity index (χ0n) is 12.9. The molecule has 0 aromatic heterocycles. The Morgan fingerprint density at radius 2 is 2.00 bits per heavy atom. The largest absolute Gasteiger partial charge is 0.417 e. The summed E-state index contributed by atoms with van der Waals surface area (Å²) in [7, 11) is 0. The first-order valence-corrected chi connectivity index (χ1v) is 7.74. The van der Waals surface area contributed by atoms with E-state index in [4.69, 9.17) is 20.5 Å². The molecule has 8 heteroatoms. The summed E-state index contributed by atoms with van der Waals surface area (Å²) in [6.07, 6.45) is -2.82.